The van der Waals surface area contributed by atoms with Crippen LogP contribution in [-0.4, -0.2) is 34.0 Å². The SMILES string of the molecule is CN(C(=S)Nc1ccccc1)N1C(=O)c2c(Cl)c(Cl)c(Cl)c(Cl)c2C1=O. The molecule has 0 unspecified atom stereocenters. The molecule has 26 heavy (non-hydrogen) atoms. The van der Waals surface area contributed by atoms with Crippen molar-refractivity contribution in [3.8, 4) is 0 Å². The first-order valence-electron chi connectivity index (χ1n) is 7.10. The van der Waals surface area contributed by atoms with Gasteiger partial charge in [0.25, 0.3) is 11.8 Å². The molecule has 134 valence electrons. The van der Waals surface area contributed by atoms with Crippen LogP contribution < -0.4 is 5.32 Å². The molecule has 0 spiro atoms. The van der Waals surface area contributed by atoms with Crippen molar-refractivity contribution < 1.29 is 9.59 Å². The molecule has 3 rings (SSSR count). The third kappa shape index (κ3) is 3.02. The second-order valence-electron chi connectivity index (χ2n) is 5.25. The van der Waals surface area contributed by atoms with Gasteiger partial charge in [-0.1, -0.05) is 64.6 Å². The van der Waals surface area contributed by atoms with Gasteiger partial charge in [-0.05, 0) is 24.4 Å². The van der Waals surface area contributed by atoms with Gasteiger partial charge in [0.15, 0.2) is 5.11 Å². The number of anilines is 1. The van der Waals surface area contributed by atoms with Crippen LogP contribution in [0.25, 0.3) is 0 Å². The molecule has 2 aromatic carbocycles. The summed E-state index contributed by atoms with van der Waals surface area (Å²) >= 11 is 29.5. The first-order chi connectivity index (χ1) is 12.3. The lowest BCUT2D eigenvalue weighted by atomic mass is 10.1. The fourth-order valence-corrected chi connectivity index (χ4v) is 3.64. The molecular weight excluding hydrogens is 440 g/mol. The Balaban J connectivity index is 1.96. The number of thiocarbonyl (C=S) groups is 1. The van der Waals surface area contributed by atoms with Crippen molar-refractivity contribution in [1.82, 2.24) is 10.0 Å². The van der Waals surface area contributed by atoms with Crippen LogP contribution in [0.5, 0.6) is 0 Å². The molecule has 1 heterocycles. The van der Waals surface area contributed by atoms with Crippen LogP contribution in [0.3, 0.4) is 0 Å². The quantitative estimate of drug-likeness (QED) is 0.298. The molecular formula is C16H9Cl4N3O2S. The van der Waals surface area contributed by atoms with Crippen LogP contribution in [0.4, 0.5) is 5.69 Å². The third-order valence-corrected chi connectivity index (χ3v) is 5.87. The highest BCUT2D eigenvalue weighted by Gasteiger charge is 2.44. The smallest absolute Gasteiger partial charge is 0.282 e. The van der Waals surface area contributed by atoms with E-state index >= 15 is 0 Å². The Hall–Kier alpha value is -1.57. The highest BCUT2D eigenvalue weighted by atomic mass is 35.5. The first-order valence-corrected chi connectivity index (χ1v) is 9.02. The number of para-hydroxylation sites is 1. The zero-order valence-corrected chi connectivity index (χ0v) is 16.9. The summed E-state index contributed by atoms with van der Waals surface area (Å²) in [5, 5.41) is 4.63. The molecule has 0 saturated carbocycles. The lowest BCUT2D eigenvalue weighted by Crippen LogP contribution is -2.48. The molecule has 1 aliphatic heterocycles. The van der Waals surface area contributed by atoms with Crippen LogP contribution in [-0.2, 0) is 0 Å². The Labute approximate surface area is 174 Å². The van der Waals surface area contributed by atoms with Crippen LogP contribution in [0, 0.1) is 0 Å². The largest absolute Gasteiger partial charge is 0.331 e. The normalized spacial score (nSPS) is 13.0. The molecule has 0 atom stereocenters. The van der Waals surface area contributed by atoms with Gasteiger partial charge in [-0.3, -0.25) is 14.6 Å². The minimum absolute atomic E-state index is 0.0901. The zero-order valence-electron chi connectivity index (χ0n) is 13.0. The van der Waals surface area contributed by atoms with Crippen LogP contribution in [0.2, 0.25) is 20.1 Å². The molecule has 10 heteroatoms. The van der Waals surface area contributed by atoms with Crippen molar-refractivity contribution in [3.63, 3.8) is 0 Å². The number of carbonyl (C=O) groups excluding carboxylic acids is 2. The predicted molar refractivity (Wildman–Crippen MR) is 107 cm³/mol. The van der Waals surface area contributed by atoms with Crippen LogP contribution in [0.15, 0.2) is 30.3 Å². The van der Waals surface area contributed by atoms with Crippen molar-refractivity contribution in [2.75, 3.05) is 12.4 Å². The van der Waals surface area contributed by atoms with Crippen molar-refractivity contribution in [2.24, 2.45) is 0 Å². The molecule has 0 aromatic heterocycles. The minimum atomic E-state index is -0.699. The standard InChI is InChI=1S/C16H9Cl4N3O2S/c1-22(16(26)21-7-5-3-2-4-6-7)23-14(24)8-9(15(23)25)11(18)13(20)12(19)10(8)17/h2-6H,1H3,(H,21,26). The highest BCUT2D eigenvalue weighted by Crippen LogP contribution is 2.45. The van der Waals surface area contributed by atoms with Gasteiger partial charge >= 0.3 is 0 Å². The number of halogens is 4. The number of hydrogen-bond acceptors (Lipinski definition) is 3. The average Bonchev–Trinajstić information content (AvgIpc) is 2.89. The number of benzene rings is 2. The Morgan fingerprint density at radius 3 is 1.85 bits per heavy atom. The van der Waals surface area contributed by atoms with Gasteiger partial charge in [0.05, 0.1) is 31.2 Å². The second kappa shape index (κ2) is 7.21. The summed E-state index contributed by atoms with van der Waals surface area (Å²) in [5.41, 5.74) is 0.485. The topological polar surface area (TPSA) is 52.6 Å². The molecule has 0 fully saturated rings. The highest BCUT2D eigenvalue weighted by molar-refractivity contribution is 7.80. The number of nitrogens with one attached hydrogen (secondary N) is 1. The van der Waals surface area contributed by atoms with Gasteiger partial charge in [0.1, 0.15) is 0 Å². The fraction of sp³-hybridized carbons (Fsp3) is 0.0625. The number of fused-ring (bicyclic) bond motifs is 1. The molecule has 1 N–H and O–H groups in total. The van der Waals surface area contributed by atoms with E-state index in [4.69, 9.17) is 58.6 Å². The van der Waals surface area contributed by atoms with Gasteiger partial charge in [-0.2, -0.15) is 5.01 Å². The molecule has 0 aliphatic carbocycles. The van der Waals surface area contributed by atoms with Crippen molar-refractivity contribution in [1.29, 1.82) is 0 Å². The summed E-state index contributed by atoms with van der Waals surface area (Å²) in [6, 6.07) is 9.05. The van der Waals surface area contributed by atoms with E-state index in [1.54, 1.807) is 12.1 Å². The van der Waals surface area contributed by atoms with E-state index in [-0.39, 0.29) is 36.3 Å². The maximum absolute atomic E-state index is 12.8. The van der Waals surface area contributed by atoms with E-state index in [9.17, 15) is 9.59 Å². The number of imide groups is 1. The monoisotopic (exact) mass is 447 g/mol. The van der Waals surface area contributed by atoms with Crippen molar-refractivity contribution >= 4 is 81.2 Å². The zero-order chi connectivity index (χ0) is 19.2. The molecule has 0 radical (unpaired) electrons. The summed E-state index contributed by atoms with van der Waals surface area (Å²) in [6.07, 6.45) is 0. The summed E-state index contributed by atoms with van der Waals surface area (Å²) < 4.78 is 0. The average molecular weight is 449 g/mol. The van der Waals surface area contributed by atoms with E-state index < -0.39 is 11.8 Å². The van der Waals surface area contributed by atoms with Crippen molar-refractivity contribution in [2.45, 2.75) is 0 Å². The Morgan fingerprint density at radius 2 is 1.38 bits per heavy atom. The summed E-state index contributed by atoms with van der Waals surface area (Å²) in [5.74, 6) is -1.40. The van der Waals surface area contributed by atoms with Gasteiger partial charge in [0.2, 0.25) is 0 Å². The van der Waals surface area contributed by atoms with Gasteiger partial charge in [-0.25, -0.2) is 0 Å². The van der Waals surface area contributed by atoms with Gasteiger partial charge in [-0.15, -0.1) is 0 Å². The van der Waals surface area contributed by atoms with Crippen LogP contribution >= 0.6 is 58.6 Å². The Morgan fingerprint density at radius 1 is 0.923 bits per heavy atom. The Kier molecular flexibility index (Phi) is 5.33. The second-order valence-corrected chi connectivity index (χ2v) is 7.15. The van der Waals surface area contributed by atoms with Gasteiger partial charge in [0, 0.05) is 12.7 Å². The third-order valence-electron chi connectivity index (χ3n) is 3.70. The number of nitrogens with zero attached hydrogens (tertiary/aromatic N) is 2. The Bertz CT molecular complexity index is 906. The van der Waals surface area contributed by atoms with E-state index in [0.29, 0.717) is 5.69 Å². The van der Waals surface area contributed by atoms with E-state index in [1.165, 1.54) is 12.1 Å². The molecule has 1 aliphatic rings. The number of hydrogen-bond donors (Lipinski definition) is 1. The van der Waals surface area contributed by atoms with Gasteiger partial charge < -0.3 is 5.32 Å². The molecule has 0 bridgehead atoms. The van der Waals surface area contributed by atoms with E-state index in [0.717, 1.165) is 5.01 Å². The number of hydrazine groups is 1. The van der Waals surface area contributed by atoms with Crippen LogP contribution in [0.1, 0.15) is 20.7 Å². The predicted octanol–water partition coefficient (Wildman–Crippen LogP) is 5.14. The van der Waals surface area contributed by atoms with Crippen molar-refractivity contribution in [3.05, 3.63) is 61.5 Å². The molecule has 2 amide bonds. The lowest BCUT2D eigenvalue weighted by molar-refractivity contribution is 0.0367. The maximum atomic E-state index is 12.8. The molecule has 0 saturated heterocycles. The number of amides is 2. The van der Waals surface area contributed by atoms with E-state index in [2.05, 4.69) is 5.32 Å². The summed E-state index contributed by atoms with van der Waals surface area (Å²) in [6.45, 7) is 0. The fourth-order valence-electron chi connectivity index (χ4n) is 2.43. The minimum Gasteiger partial charge on any atom is -0.331 e. The lowest BCUT2D eigenvalue weighted by Gasteiger charge is -2.28. The number of carbonyl (C=O) groups is 2. The molecule has 2 aromatic rings. The van der Waals surface area contributed by atoms with E-state index in [1.807, 2.05) is 18.2 Å². The first kappa shape index (κ1) is 19.2. The number of rotatable bonds is 2. The summed E-state index contributed by atoms with van der Waals surface area (Å²) in [7, 11) is 1.46. The summed E-state index contributed by atoms with van der Waals surface area (Å²) in [4.78, 5) is 25.5. The maximum Gasteiger partial charge on any atom is 0.282 e. The molecule has 5 nitrogen and oxygen atoms in total.